The molecule has 1 aromatic carbocycles. The van der Waals surface area contributed by atoms with Gasteiger partial charge in [-0.3, -0.25) is 14.5 Å². The fourth-order valence-corrected chi connectivity index (χ4v) is 9.76. The van der Waals surface area contributed by atoms with Crippen LogP contribution in [0.1, 0.15) is 101 Å². The predicted octanol–water partition coefficient (Wildman–Crippen LogP) is 4.24. The zero-order valence-electron chi connectivity index (χ0n) is 28.7. The van der Waals surface area contributed by atoms with E-state index >= 15 is 0 Å². The number of nitrogens with zero attached hydrogens (tertiary/aromatic N) is 5. The molecule has 13 heteroatoms. The van der Waals surface area contributed by atoms with Crippen LogP contribution >= 0.6 is 12.4 Å². The molecule has 6 rings (SSSR count). The van der Waals surface area contributed by atoms with Crippen molar-refractivity contribution >= 4 is 34.2 Å². The molecule has 0 radical (unpaired) electrons. The van der Waals surface area contributed by atoms with Gasteiger partial charge < -0.3 is 15.3 Å². The number of likely N-dealkylation sites (tertiary alicyclic amines) is 1. The predicted molar refractivity (Wildman–Crippen MR) is 187 cm³/mol. The van der Waals surface area contributed by atoms with E-state index in [9.17, 15) is 23.1 Å². The Morgan fingerprint density at radius 2 is 1.58 bits per heavy atom. The molecule has 48 heavy (non-hydrogen) atoms. The van der Waals surface area contributed by atoms with Crippen LogP contribution in [0.25, 0.3) is 5.69 Å². The standard InChI is InChI=1S/C35H52N6O5S.ClH/c1-4-5-21-40-32(42)31(24-34(44)15-7-6-8-16-34)36-33(43)35(40)17-22-38(23-18-35)25-30-26(2)37-41(27(30)3)28-11-13-29(14-12-28)47(45,46)39-19-9-10-20-39;/h11-14,31,44H,4-10,15-25H2,1-3H3,(H,36,43);1H/t31-;/m1./s1. The molecule has 4 heterocycles. The number of piperazine rings is 1. The molecule has 4 aliphatic rings. The van der Waals surface area contributed by atoms with E-state index in [1.807, 2.05) is 35.6 Å². The molecule has 1 saturated carbocycles. The summed E-state index contributed by atoms with van der Waals surface area (Å²) in [5.41, 5.74) is 2.09. The average Bonchev–Trinajstić information content (AvgIpc) is 3.71. The molecule has 2 aromatic rings. The maximum Gasteiger partial charge on any atom is 0.246 e. The van der Waals surface area contributed by atoms with Crippen molar-refractivity contribution in [1.29, 1.82) is 0 Å². The van der Waals surface area contributed by atoms with E-state index in [0.717, 1.165) is 67.6 Å². The molecule has 3 saturated heterocycles. The van der Waals surface area contributed by atoms with Crippen molar-refractivity contribution in [2.24, 2.45) is 0 Å². The Hall–Kier alpha value is -2.51. The molecule has 266 valence electrons. The molecule has 11 nitrogen and oxygen atoms in total. The molecule has 1 spiro atoms. The summed E-state index contributed by atoms with van der Waals surface area (Å²) in [6.07, 6.45) is 9.37. The second kappa shape index (κ2) is 14.8. The number of halogens is 1. The molecule has 2 N–H and O–H groups in total. The Labute approximate surface area is 291 Å². The topological polar surface area (TPSA) is 128 Å². The third-order valence-corrected chi connectivity index (χ3v) is 13.1. The van der Waals surface area contributed by atoms with Crippen LogP contribution in [0.3, 0.4) is 0 Å². The number of aliphatic hydroxyl groups is 1. The number of aromatic nitrogens is 2. The van der Waals surface area contributed by atoms with Crippen LogP contribution in [0, 0.1) is 13.8 Å². The van der Waals surface area contributed by atoms with Crippen molar-refractivity contribution in [3.8, 4) is 5.69 Å². The van der Waals surface area contributed by atoms with Crippen LogP contribution in [0.5, 0.6) is 0 Å². The van der Waals surface area contributed by atoms with Gasteiger partial charge in [-0.15, -0.1) is 12.4 Å². The molecule has 1 aromatic heterocycles. The number of sulfonamides is 1. The molecule has 0 unspecified atom stereocenters. The van der Waals surface area contributed by atoms with Gasteiger partial charge in [-0.1, -0.05) is 32.6 Å². The molecular weight excluding hydrogens is 652 g/mol. The first-order valence-corrected chi connectivity index (χ1v) is 19.1. The lowest BCUT2D eigenvalue weighted by Gasteiger charge is -2.52. The van der Waals surface area contributed by atoms with E-state index in [2.05, 4.69) is 17.1 Å². The SMILES string of the molecule is CCCCN1C(=O)[C@@H](CC2(O)CCCCC2)NC(=O)C12CCN(Cc1c(C)nn(-c3ccc(S(=O)(=O)N4CCCC4)cc3)c1C)CC2.Cl. The molecule has 3 aliphatic heterocycles. The fraction of sp³-hybridized carbons (Fsp3) is 0.686. The Bertz CT molecular complexity index is 1560. The third-order valence-electron chi connectivity index (χ3n) is 11.2. The van der Waals surface area contributed by atoms with E-state index in [-0.39, 0.29) is 24.2 Å². The van der Waals surface area contributed by atoms with Gasteiger partial charge in [0.05, 0.1) is 21.9 Å². The Balaban J connectivity index is 0.00000451. The average molecular weight is 705 g/mol. The van der Waals surface area contributed by atoms with Crippen LogP contribution in [-0.4, -0.2) is 99.1 Å². The highest BCUT2D eigenvalue weighted by atomic mass is 35.5. The number of carbonyl (C=O) groups is 2. The van der Waals surface area contributed by atoms with Crippen molar-refractivity contribution in [1.82, 2.24) is 29.2 Å². The number of benzene rings is 1. The number of unbranched alkanes of at least 4 members (excludes halogenated alkanes) is 1. The zero-order valence-corrected chi connectivity index (χ0v) is 30.4. The lowest BCUT2D eigenvalue weighted by molar-refractivity contribution is -0.163. The summed E-state index contributed by atoms with van der Waals surface area (Å²) in [4.78, 5) is 32.3. The van der Waals surface area contributed by atoms with Crippen LogP contribution < -0.4 is 5.32 Å². The van der Waals surface area contributed by atoms with E-state index in [0.29, 0.717) is 76.3 Å². The summed E-state index contributed by atoms with van der Waals surface area (Å²) in [5.74, 6) is -0.120. The summed E-state index contributed by atoms with van der Waals surface area (Å²) >= 11 is 0. The molecule has 0 bridgehead atoms. The first-order valence-electron chi connectivity index (χ1n) is 17.7. The molecule has 1 atom stereocenters. The fourth-order valence-electron chi connectivity index (χ4n) is 8.24. The minimum Gasteiger partial charge on any atom is -0.390 e. The van der Waals surface area contributed by atoms with Crippen molar-refractivity contribution in [3.63, 3.8) is 0 Å². The van der Waals surface area contributed by atoms with Gasteiger partial charge >= 0.3 is 0 Å². The highest BCUT2D eigenvalue weighted by Gasteiger charge is 2.54. The number of hydrogen-bond acceptors (Lipinski definition) is 7. The quantitative estimate of drug-likeness (QED) is 0.379. The van der Waals surface area contributed by atoms with Crippen LogP contribution in [0.2, 0.25) is 0 Å². The number of carbonyl (C=O) groups excluding carboxylic acids is 2. The van der Waals surface area contributed by atoms with Crippen LogP contribution in [0.4, 0.5) is 0 Å². The number of amides is 2. The molecular formula is C35H53ClN6O5S. The van der Waals surface area contributed by atoms with Crippen molar-refractivity contribution in [2.75, 3.05) is 32.7 Å². The van der Waals surface area contributed by atoms with Gasteiger partial charge in [0, 0.05) is 56.9 Å². The third kappa shape index (κ3) is 7.06. The minimum absolute atomic E-state index is 0. The summed E-state index contributed by atoms with van der Waals surface area (Å²) in [6, 6.07) is 6.31. The summed E-state index contributed by atoms with van der Waals surface area (Å²) in [6.45, 7) is 9.86. The maximum absolute atomic E-state index is 13.9. The molecule has 4 fully saturated rings. The van der Waals surface area contributed by atoms with Crippen molar-refractivity contribution in [3.05, 3.63) is 41.2 Å². The number of piperidine rings is 1. The lowest BCUT2D eigenvalue weighted by atomic mass is 9.77. The van der Waals surface area contributed by atoms with Gasteiger partial charge in [-0.05, 0) is 83.1 Å². The van der Waals surface area contributed by atoms with Crippen LogP contribution in [0.15, 0.2) is 29.2 Å². The van der Waals surface area contributed by atoms with Gasteiger partial charge in [0.2, 0.25) is 21.8 Å². The second-order valence-electron chi connectivity index (χ2n) is 14.3. The van der Waals surface area contributed by atoms with Gasteiger partial charge in [-0.2, -0.15) is 9.40 Å². The number of nitrogens with one attached hydrogen (secondary N) is 1. The zero-order chi connectivity index (χ0) is 33.4. The Morgan fingerprint density at radius 1 is 0.938 bits per heavy atom. The summed E-state index contributed by atoms with van der Waals surface area (Å²) in [7, 11) is -3.48. The normalized spacial score (nSPS) is 23.3. The Kier molecular flexibility index (Phi) is 11.3. The Morgan fingerprint density at radius 3 is 2.21 bits per heavy atom. The number of aryl methyl sites for hydroxylation is 1. The number of rotatable bonds is 10. The second-order valence-corrected chi connectivity index (χ2v) is 16.3. The first-order chi connectivity index (χ1) is 22.5. The lowest BCUT2D eigenvalue weighted by Crippen LogP contribution is -2.73. The van der Waals surface area contributed by atoms with Crippen LogP contribution in [-0.2, 0) is 26.2 Å². The number of hydrogen-bond donors (Lipinski definition) is 2. The van der Waals surface area contributed by atoms with Gasteiger partial charge in [-0.25, -0.2) is 13.1 Å². The highest BCUT2D eigenvalue weighted by Crippen LogP contribution is 2.38. The summed E-state index contributed by atoms with van der Waals surface area (Å²) in [5, 5.41) is 19.1. The largest absolute Gasteiger partial charge is 0.390 e. The first kappa shape index (κ1) is 36.8. The van der Waals surface area contributed by atoms with Crippen molar-refractivity contribution < 1.29 is 23.1 Å². The summed E-state index contributed by atoms with van der Waals surface area (Å²) < 4.78 is 29.4. The van der Waals surface area contributed by atoms with Gasteiger partial charge in [0.25, 0.3) is 0 Å². The molecule has 1 aliphatic carbocycles. The smallest absolute Gasteiger partial charge is 0.246 e. The van der Waals surface area contributed by atoms with E-state index in [1.165, 1.54) is 0 Å². The highest BCUT2D eigenvalue weighted by molar-refractivity contribution is 7.89. The maximum atomic E-state index is 13.9. The van der Waals surface area contributed by atoms with Gasteiger partial charge in [0.15, 0.2) is 0 Å². The van der Waals surface area contributed by atoms with E-state index in [1.54, 1.807) is 16.4 Å². The van der Waals surface area contributed by atoms with Crippen molar-refractivity contribution in [2.45, 2.75) is 126 Å². The minimum atomic E-state index is -3.48. The monoisotopic (exact) mass is 704 g/mol. The van der Waals surface area contributed by atoms with E-state index < -0.39 is 27.2 Å². The molecule has 2 amide bonds. The van der Waals surface area contributed by atoms with Gasteiger partial charge in [0.1, 0.15) is 11.6 Å². The van der Waals surface area contributed by atoms with E-state index in [4.69, 9.17) is 5.10 Å².